The van der Waals surface area contributed by atoms with Crippen LogP contribution in [0.4, 0.5) is 9.59 Å². The van der Waals surface area contributed by atoms with Gasteiger partial charge in [-0.2, -0.15) is 0 Å². The van der Waals surface area contributed by atoms with Gasteiger partial charge >= 0.3 is 18.2 Å². The first-order chi connectivity index (χ1) is 19.8. The maximum atomic E-state index is 13.4. The molecule has 1 fully saturated rings. The topological polar surface area (TPSA) is 152 Å². The van der Waals surface area contributed by atoms with Gasteiger partial charge in [0.05, 0.1) is 7.11 Å². The highest BCUT2D eigenvalue weighted by Gasteiger charge is 2.40. The molecule has 1 heterocycles. The fourth-order valence-electron chi connectivity index (χ4n) is 4.51. The molecule has 42 heavy (non-hydrogen) atoms. The van der Waals surface area contributed by atoms with Crippen molar-refractivity contribution in [3.8, 4) is 0 Å². The van der Waals surface area contributed by atoms with Gasteiger partial charge in [-0.25, -0.2) is 14.4 Å². The second-order valence-corrected chi connectivity index (χ2v) is 11.6. The second kappa shape index (κ2) is 16.6. The second-order valence-electron chi connectivity index (χ2n) is 11.6. The molecule has 12 heteroatoms. The lowest BCUT2D eigenvalue weighted by Crippen LogP contribution is -2.57. The highest BCUT2D eigenvalue weighted by molar-refractivity contribution is 5.93. The molecule has 0 bridgehead atoms. The molecule has 4 amide bonds. The molecule has 0 aliphatic carbocycles. The van der Waals surface area contributed by atoms with E-state index in [9.17, 15) is 24.0 Å². The third kappa shape index (κ3) is 11.6. The van der Waals surface area contributed by atoms with Gasteiger partial charge < -0.3 is 35.1 Å². The van der Waals surface area contributed by atoms with Crippen LogP contribution in [-0.4, -0.2) is 78.8 Å². The lowest BCUT2D eigenvalue weighted by atomic mass is 10.0. The summed E-state index contributed by atoms with van der Waals surface area (Å²) in [4.78, 5) is 65.0. The molecule has 1 aliphatic heterocycles. The molecule has 0 radical (unpaired) electrons. The molecule has 0 spiro atoms. The van der Waals surface area contributed by atoms with Gasteiger partial charge in [0.2, 0.25) is 11.8 Å². The number of esters is 1. The molecule has 2 rings (SSSR count). The normalized spacial score (nSPS) is 16.3. The number of carbonyl (C=O) groups excluding carboxylic acids is 5. The molecule has 3 N–H and O–H groups in total. The number of amides is 4. The van der Waals surface area contributed by atoms with Crippen LogP contribution >= 0.6 is 0 Å². The number of benzene rings is 1. The van der Waals surface area contributed by atoms with E-state index in [1.54, 1.807) is 34.6 Å². The minimum Gasteiger partial charge on any atom is -0.467 e. The number of unbranched alkanes of at least 4 members (excludes halogenated alkanes) is 1. The number of nitrogens with zero attached hydrogens (tertiary/aromatic N) is 1. The van der Waals surface area contributed by atoms with Gasteiger partial charge in [-0.05, 0) is 64.4 Å². The first-order valence-electron chi connectivity index (χ1n) is 14.4. The van der Waals surface area contributed by atoms with E-state index in [2.05, 4.69) is 16.0 Å². The lowest BCUT2D eigenvalue weighted by Gasteiger charge is -2.31. The summed E-state index contributed by atoms with van der Waals surface area (Å²) in [6.45, 7) is 9.59. The van der Waals surface area contributed by atoms with Crippen LogP contribution in [0, 0.1) is 5.92 Å². The van der Waals surface area contributed by atoms with Gasteiger partial charge in [0.15, 0.2) is 0 Å². The summed E-state index contributed by atoms with van der Waals surface area (Å²) < 4.78 is 15.4. The smallest absolute Gasteiger partial charge is 0.408 e. The average molecular weight is 591 g/mol. The van der Waals surface area contributed by atoms with Gasteiger partial charge in [-0.15, -0.1) is 0 Å². The van der Waals surface area contributed by atoms with Crippen molar-refractivity contribution in [1.29, 1.82) is 0 Å². The Kier molecular flexibility index (Phi) is 13.6. The maximum absolute atomic E-state index is 13.4. The molecule has 234 valence electrons. The van der Waals surface area contributed by atoms with Crippen LogP contribution in [0.3, 0.4) is 0 Å². The summed E-state index contributed by atoms with van der Waals surface area (Å²) in [6, 6.07) is 6.72. The number of likely N-dealkylation sites (tertiary alicyclic amines) is 1. The zero-order chi connectivity index (χ0) is 31.3. The Morgan fingerprint density at radius 1 is 1.00 bits per heavy atom. The van der Waals surface area contributed by atoms with E-state index in [1.165, 1.54) is 12.0 Å². The quantitative estimate of drug-likeness (QED) is 0.180. The SMILES string of the molecule is COC(=O)[C@@H]1CCCN1C(=O)[C@@H](NC(=O)[C@H](CCCCNC(=O)OCc1ccccc1)NC(=O)OC(C)(C)C)C(C)C. The summed E-state index contributed by atoms with van der Waals surface area (Å²) >= 11 is 0. The molecule has 0 aromatic heterocycles. The van der Waals surface area contributed by atoms with Crippen molar-refractivity contribution in [3.63, 3.8) is 0 Å². The van der Waals surface area contributed by atoms with Crippen molar-refractivity contribution < 1.29 is 38.2 Å². The Balaban J connectivity index is 1.97. The zero-order valence-corrected chi connectivity index (χ0v) is 25.6. The summed E-state index contributed by atoms with van der Waals surface area (Å²) in [6.07, 6.45) is 1.06. The predicted octanol–water partition coefficient (Wildman–Crippen LogP) is 3.28. The minimum absolute atomic E-state index is 0.155. The molecule has 12 nitrogen and oxygen atoms in total. The highest BCUT2D eigenvalue weighted by Crippen LogP contribution is 2.21. The Morgan fingerprint density at radius 2 is 1.69 bits per heavy atom. The van der Waals surface area contributed by atoms with E-state index < -0.39 is 47.8 Å². The van der Waals surface area contributed by atoms with Crippen molar-refractivity contribution in [2.75, 3.05) is 20.2 Å². The highest BCUT2D eigenvalue weighted by atomic mass is 16.6. The van der Waals surface area contributed by atoms with E-state index in [4.69, 9.17) is 14.2 Å². The number of nitrogens with one attached hydrogen (secondary N) is 3. The van der Waals surface area contributed by atoms with Crippen LogP contribution in [0.5, 0.6) is 0 Å². The van der Waals surface area contributed by atoms with E-state index in [0.717, 1.165) is 5.56 Å². The molecule has 1 aliphatic rings. The van der Waals surface area contributed by atoms with Crippen molar-refractivity contribution in [3.05, 3.63) is 35.9 Å². The standard InChI is InChI=1S/C30H46N4O8/c1-20(2)24(26(36)34-18-12-16-23(34)27(37)40-6)33-25(35)22(32-29(39)42-30(3,4)5)15-10-11-17-31-28(38)41-19-21-13-8-7-9-14-21/h7-9,13-14,20,22-24H,10-12,15-19H2,1-6H3,(H,31,38)(H,32,39)(H,33,35)/t22-,23-,24-/m0/s1. The first-order valence-corrected chi connectivity index (χ1v) is 14.4. The van der Waals surface area contributed by atoms with Crippen molar-refractivity contribution >= 4 is 30.0 Å². The minimum atomic E-state index is -0.992. The molecular formula is C30H46N4O8. The van der Waals surface area contributed by atoms with Crippen LogP contribution < -0.4 is 16.0 Å². The summed E-state index contributed by atoms with van der Waals surface area (Å²) in [5.74, 6) is -1.69. The van der Waals surface area contributed by atoms with Crippen molar-refractivity contribution in [2.24, 2.45) is 5.92 Å². The third-order valence-corrected chi connectivity index (χ3v) is 6.65. The number of carbonyl (C=O) groups is 5. The van der Waals surface area contributed by atoms with Gasteiger partial charge in [0.25, 0.3) is 0 Å². The molecular weight excluding hydrogens is 544 g/mol. The third-order valence-electron chi connectivity index (χ3n) is 6.65. The van der Waals surface area contributed by atoms with Gasteiger partial charge in [0, 0.05) is 13.1 Å². The maximum Gasteiger partial charge on any atom is 0.408 e. The Hall–Kier alpha value is -3.83. The molecule has 1 aromatic rings. The van der Waals surface area contributed by atoms with Crippen LogP contribution in [0.2, 0.25) is 0 Å². The van der Waals surface area contributed by atoms with E-state index >= 15 is 0 Å². The molecule has 3 atom stereocenters. The lowest BCUT2D eigenvalue weighted by molar-refractivity contribution is -0.152. The summed E-state index contributed by atoms with van der Waals surface area (Å²) in [5, 5.41) is 8.08. The van der Waals surface area contributed by atoms with Gasteiger partial charge in [-0.3, -0.25) is 9.59 Å². The first kappa shape index (κ1) is 34.4. The van der Waals surface area contributed by atoms with E-state index in [1.807, 2.05) is 30.3 Å². The largest absolute Gasteiger partial charge is 0.467 e. The average Bonchev–Trinajstić information content (AvgIpc) is 3.42. The zero-order valence-electron chi connectivity index (χ0n) is 25.6. The number of ether oxygens (including phenoxy) is 3. The van der Waals surface area contributed by atoms with Gasteiger partial charge in [-0.1, -0.05) is 44.2 Å². The van der Waals surface area contributed by atoms with E-state index in [0.29, 0.717) is 38.8 Å². The Labute approximate surface area is 248 Å². The van der Waals surface area contributed by atoms with Crippen LogP contribution in [-0.2, 0) is 35.2 Å². The Morgan fingerprint density at radius 3 is 2.31 bits per heavy atom. The van der Waals surface area contributed by atoms with Gasteiger partial charge in [0.1, 0.15) is 30.3 Å². The number of rotatable bonds is 13. The van der Waals surface area contributed by atoms with Crippen molar-refractivity contribution in [2.45, 2.75) is 97.1 Å². The number of alkyl carbamates (subject to hydrolysis) is 2. The predicted molar refractivity (Wildman–Crippen MR) is 155 cm³/mol. The van der Waals surface area contributed by atoms with Crippen molar-refractivity contribution in [1.82, 2.24) is 20.9 Å². The summed E-state index contributed by atoms with van der Waals surface area (Å²) in [7, 11) is 1.28. The van der Waals surface area contributed by atoms with Crippen LogP contribution in [0.15, 0.2) is 30.3 Å². The molecule has 1 saturated heterocycles. The monoisotopic (exact) mass is 590 g/mol. The fraction of sp³-hybridized carbons (Fsp3) is 0.633. The van der Waals surface area contributed by atoms with Crippen LogP contribution in [0.25, 0.3) is 0 Å². The number of methoxy groups -OCH3 is 1. The molecule has 0 unspecified atom stereocenters. The number of hydrogen-bond donors (Lipinski definition) is 3. The Bertz CT molecular complexity index is 1060. The van der Waals surface area contributed by atoms with E-state index in [-0.39, 0.29) is 24.9 Å². The van der Waals surface area contributed by atoms with Crippen LogP contribution in [0.1, 0.15) is 72.3 Å². The number of hydrogen-bond acceptors (Lipinski definition) is 8. The molecule has 0 saturated carbocycles. The fourth-order valence-corrected chi connectivity index (χ4v) is 4.51. The molecule has 1 aromatic carbocycles. The summed E-state index contributed by atoms with van der Waals surface area (Å²) in [5.41, 5.74) is 0.1000.